The smallest absolute Gasteiger partial charge is 0.231 e. The van der Waals surface area contributed by atoms with Gasteiger partial charge in [0.2, 0.25) is 5.89 Å². The summed E-state index contributed by atoms with van der Waals surface area (Å²) in [7, 11) is 0. The van der Waals surface area contributed by atoms with E-state index in [-0.39, 0.29) is 5.75 Å². The molecule has 0 atom stereocenters. The third-order valence-corrected chi connectivity index (χ3v) is 2.56. The van der Waals surface area contributed by atoms with Crippen LogP contribution in [0.5, 0.6) is 5.75 Å². The quantitative estimate of drug-likeness (QED) is 0.861. The maximum Gasteiger partial charge on any atom is 0.231 e. The van der Waals surface area contributed by atoms with E-state index in [9.17, 15) is 5.11 Å². The number of unbranched alkanes of at least 4 members (excludes halogenated alkanes) is 1. The SMILES string of the molecule is CCCCc1noc(Cc2ccc(O)cc2)n1. The average molecular weight is 232 g/mol. The van der Waals surface area contributed by atoms with E-state index >= 15 is 0 Å². The van der Waals surface area contributed by atoms with Crippen LogP contribution in [0.1, 0.15) is 37.0 Å². The molecule has 2 aromatic rings. The van der Waals surface area contributed by atoms with Crippen LogP contribution in [0.2, 0.25) is 0 Å². The maximum absolute atomic E-state index is 9.17. The molecule has 0 unspecified atom stereocenters. The molecule has 0 aliphatic carbocycles. The van der Waals surface area contributed by atoms with Crippen molar-refractivity contribution in [3.8, 4) is 5.75 Å². The maximum atomic E-state index is 9.17. The van der Waals surface area contributed by atoms with Crippen LogP contribution < -0.4 is 0 Å². The largest absolute Gasteiger partial charge is 0.508 e. The number of nitrogens with zero attached hydrogens (tertiary/aromatic N) is 2. The minimum absolute atomic E-state index is 0.267. The van der Waals surface area contributed by atoms with E-state index in [2.05, 4.69) is 17.1 Å². The van der Waals surface area contributed by atoms with E-state index < -0.39 is 0 Å². The second-order valence-electron chi connectivity index (χ2n) is 4.05. The van der Waals surface area contributed by atoms with E-state index in [0.717, 1.165) is 30.7 Å². The van der Waals surface area contributed by atoms with E-state index in [0.29, 0.717) is 12.3 Å². The zero-order valence-electron chi connectivity index (χ0n) is 9.89. The van der Waals surface area contributed by atoms with Crippen molar-refractivity contribution in [1.29, 1.82) is 0 Å². The van der Waals surface area contributed by atoms with Crippen molar-refractivity contribution in [3.63, 3.8) is 0 Å². The van der Waals surface area contributed by atoms with Crippen LogP contribution in [0.15, 0.2) is 28.8 Å². The molecule has 4 nitrogen and oxygen atoms in total. The number of aromatic hydroxyl groups is 1. The van der Waals surface area contributed by atoms with E-state index in [1.807, 2.05) is 12.1 Å². The molecule has 1 heterocycles. The first-order chi connectivity index (χ1) is 8.28. The molecule has 90 valence electrons. The van der Waals surface area contributed by atoms with Gasteiger partial charge in [0, 0.05) is 6.42 Å². The van der Waals surface area contributed by atoms with Crippen molar-refractivity contribution in [2.24, 2.45) is 0 Å². The van der Waals surface area contributed by atoms with Gasteiger partial charge in [0.25, 0.3) is 0 Å². The highest BCUT2D eigenvalue weighted by atomic mass is 16.5. The lowest BCUT2D eigenvalue weighted by molar-refractivity contribution is 0.379. The summed E-state index contributed by atoms with van der Waals surface area (Å²) in [5.74, 6) is 1.67. The number of phenols is 1. The summed E-state index contributed by atoms with van der Waals surface area (Å²) in [5.41, 5.74) is 1.05. The van der Waals surface area contributed by atoms with Crippen molar-refractivity contribution in [1.82, 2.24) is 10.1 Å². The fourth-order valence-corrected chi connectivity index (χ4v) is 1.59. The molecule has 17 heavy (non-hydrogen) atoms. The summed E-state index contributed by atoms with van der Waals surface area (Å²) < 4.78 is 5.17. The highest BCUT2D eigenvalue weighted by Gasteiger charge is 2.06. The van der Waals surface area contributed by atoms with Gasteiger partial charge >= 0.3 is 0 Å². The fourth-order valence-electron chi connectivity index (χ4n) is 1.59. The van der Waals surface area contributed by atoms with Crippen LogP contribution in [0, 0.1) is 0 Å². The number of hydrogen-bond acceptors (Lipinski definition) is 4. The molecular weight excluding hydrogens is 216 g/mol. The molecule has 4 heteroatoms. The van der Waals surface area contributed by atoms with Crippen LogP contribution in [-0.4, -0.2) is 15.2 Å². The molecular formula is C13H16N2O2. The minimum Gasteiger partial charge on any atom is -0.508 e. The van der Waals surface area contributed by atoms with Crippen LogP contribution in [-0.2, 0) is 12.8 Å². The number of rotatable bonds is 5. The Hall–Kier alpha value is -1.84. The van der Waals surface area contributed by atoms with Gasteiger partial charge in [0.05, 0.1) is 6.42 Å². The van der Waals surface area contributed by atoms with Crippen molar-refractivity contribution in [2.75, 3.05) is 0 Å². The Balaban J connectivity index is 1.98. The molecule has 1 aromatic carbocycles. The van der Waals surface area contributed by atoms with Gasteiger partial charge in [-0.15, -0.1) is 0 Å². The molecule has 1 N–H and O–H groups in total. The molecule has 2 rings (SSSR count). The Bertz CT molecular complexity index is 463. The van der Waals surface area contributed by atoms with Crippen molar-refractivity contribution < 1.29 is 9.63 Å². The minimum atomic E-state index is 0.267. The number of hydrogen-bond donors (Lipinski definition) is 1. The summed E-state index contributed by atoms with van der Waals surface area (Å²) in [6, 6.07) is 7.02. The topological polar surface area (TPSA) is 59.2 Å². The molecule has 0 aliphatic heterocycles. The Morgan fingerprint density at radius 3 is 2.71 bits per heavy atom. The average Bonchev–Trinajstić information content (AvgIpc) is 2.77. The zero-order valence-corrected chi connectivity index (χ0v) is 9.89. The van der Waals surface area contributed by atoms with Gasteiger partial charge in [-0.3, -0.25) is 0 Å². The monoisotopic (exact) mass is 232 g/mol. The molecule has 0 radical (unpaired) electrons. The third-order valence-electron chi connectivity index (χ3n) is 2.56. The lowest BCUT2D eigenvalue weighted by Crippen LogP contribution is -1.90. The van der Waals surface area contributed by atoms with Gasteiger partial charge in [-0.05, 0) is 24.1 Å². The van der Waals surface area contributed by atoms with Crippen LogP contribution in [0.25, 0.3) is 0 Å². The van der Waals surface area contributed by atoms with Gasteiger partial charge < -0.3 is 9.63 Å². The van der Waals surface area contributed by atoms with Gasteiger partial charge in [-0.25, -0.2) is 0 Å². The summed E-state index contributed by atoms with van der Waals surface area (Å²) in [4.78, 5) is 4.33. The second-order valence-corrected chi connectivity index (χ2v) is 4.05. The summed E-state index contributed by atoms with van der Waals surface area (Å²) >= 11 is 0. The van der Waals surface area contributed by atoms with Gasteiger partial charge in [-0.2, -0.15) is 4.98 Å². The predicted molar refractivity (Wildman–Crippen MR) is 63.8 cm³/mol. The Kier molecular flexibility index (Phi) is 3.75. The fraction of sp³-hybridized carbons (Fsp3) is 0.385. The third kappa shape index (κ3) is 3.31. The first-order valence-electron chi connectivity index (χ1n) is 5.87. The van der Waals surface area contributed by atoms with Crippen LogP contribution in [0.3, 0.4) is 0 Å². The summed E-state index contributed by atoms with van der Waals surface area (Å²) in [6.45, 7) is 2.14. The van der Waals surface area contributed by atoms with Crippen molar-refractivity contribution in [3.05, 3.63) is 41.5 Å². The van der Waals surface area contributed by atoms with Gasteiger partial charge in [0.15, 0.2) is 5.82 Å². The Morgan fingerprint density at radius 2 is 2.00 bits per heavy atom. The molecule has 0 saturated heterocycles. The molecule has 0 fully saturated rings. The zero-order chi connectivity index (χ0) is 12.1. The first-order valence-corrected chi connectivity index (χ1v) is 5.87. The van der Waals surface area contributed by atoms with Crippen LogP contribution in [0.4, 0.5) is 0 Å². The Labute approximate surface area is 100 Å². The summed E-state index contributed by atoms with van der Waals surface area (Å²) in [5, 5.41) is 13.1. The first kappa shape index (κ1) is 11.6. The lowest BCUT2D eigenvalue weighted by atomic mass is 10.1. The van der Waals surface area contributed by atoms with Crippen LogP contribution >= 0.6 is 0 Å². The second kappa shape index (κ2) is 5.48. The van der Waals surface area contributed by atoms with Gasteiger partial charge in [-0.1, -0.05) is 30.6 Å². The normalized spacial score (nSPS) is 10.6. The summed E-state index contributed by atoms with van der Waals surface area (Å²) in [6.07, 6.45) is 3.69. The molecule has 0 spiro atoms. The lowest BCUT2D eigenvalue weighted by Gasteiger charge is -1.96. The standard InChI is InChI=1S/C13H16N2O2/c1-2-3-4-12-14-13(17-15-12)9-10-5-7-11(16)8-6-10/h5-8,16H,2-4,9H2,1H3. The number of aryl methyl sites for hydroxylation is 1. The van der Waals surface area contributed by atoms with Crippen molar-refractivity contribution >= 4 is 0 Å². The molecule has 0 aliphatic rings. The molecule has 0 bridgehead atoms. The van der Waals surface area contributed by atoms with E-state index in [1.54, 1.807) is 12.1 Å². The Morgan fingerprint density at radius 1 is 1.24 bits per heavy atom. The van der Waals surface area contributed by atoms with E-state index in [4.69, 9.17) is 4.52 Å². The molecule has 0 saturated carbocycles. The van der Waals surface area contributed by atoms with Gasteiger partial charge in [0.1, 0.15) is 5.75 Å². The number of phenolic OH excluding ortho intramolecular Hbond substituents is 1. The number of aromatic nitrogens is 2. The highest BCUT2D eigenvalue weighted by molar-refractivity contribution is 5.27. The van der Waals surface area contributed by atoms with E-state index in [1.165, 1.54) is 0 Å². The molecule has 0 amide bonds. The van der Waals surface area contributed by atoms with Crippen molar-refractivity contribution in [2.45, 2.75) is 32.6 Å². The highest BCUT2D eigenvalue weighted by Crippen LogP contribution is 2.13. The molecule has 1 aromatic heterocycles. The number of benzene rings is 1. The predicted octanol–water partition coefficient (Wildman–Crippen LogP) is 2.71.